The molecule has 0 radical (unpaired) electrons. The first kappa shape index (κ1) is 21.1. The van der Waals surface area contributed by atoms with Gasteiger partial charge in [0.25, 0.3) is 0 Å². The molecule has 30 heavy (non-hydrogen) atoms. The van der Waals surface area contributed by atoms with Crippen molar-refractivity contribution in [3.05, 3.63) is 29.3 Å². The summed E-state index contributed by atoms with van der Waals surface area (Å²) in [6, 6.07) is 5.24. The predicted octanol–water partition coefficient (Wildman–Crippen LogP) is 1.17. The van der Waals surface area contributed by atoms with Gasteiger partial charge < -0.3 is 25.4 Å². The number of hydrogen-bond acceptors (Lipinski definition) is 5. The normalized spacial score (nSPS) is 35.3. The van der Waals surface area contributed by atoms with Crippen LogP contribution in [0.2, 0.25) is 5.02 Å². The van der Waals surface area contributed by atoms with E-state index in [9.17, 15) is 19.5 Å². The molecule has 1 aromatic carbocycles. The SMILES string of the molecule is CNC(=O)[C@H]1[C@H]2C(=O)N([C@H](C)CO)C(C(=O)Nc3ccccc3Cl)C23CC[C@]1(C)O3. The van der Waals surface area contributed by atoms with Gasteiger partial charge in [0.15, 0.2) is 0 Å². The Labute approximate surface area is 179 Å². The Morgan fingerprint density at radius 3 is 2.67 bits per heavy atom. The summed E-state index contributed by atoms with van der Waals surface area (Å²) in [5, 5.41) is 15.6. The molecule has 1 aromatic rings. The molecule has 0 saturated carbocycles. The molecule has 2 unspecified atom stereocenters. The molecule has 2 bridgehead atoms. The maximum Gasteiger partial charge on any atom is 0.250 e. The van der Waals surface area contributed by atoms with E-state index >= 15 is 0 Å². The summed E-state index contributed by atoms with van der Waals surface area (Å²) in [4.78, 5) is 41.1. The van der Waals surface area contributed by atoms with Gasteiger partial charge in [0.05, 0.1) is 40.8 Å². The van der Waals surface area contributed by atoms with Crippen LogP contribution in [0.25, 0.3) is 0 Å². The Balaban J connectivity index is 1.78. The number of halogens is 1. The number of nitrogens with zero attached hydrogens (tertiary/aromatic N) is 1. The maximum atomic E-state index is 13.5. The minimum absolute atomic E-state index is 0.277. The fourth-order valence-electron chi connectivity index (χ4n) is 5.55. The van der Waals surface area contributed by atoms with Crippen molar-refractivity contribution in [1.29, 1.82) is 0 Å². The van der Waals surface area contributed by atoms with Crippen LogP contribution in [0.4, 0.5) is 5.69 Å². The number of carbonyl (C=O) groups is 3. The van der Waals surface area contributed by atoms with Crippen molar-refractivity contribution in [2.45, 2.75) is 50.0 Å². The molecule has 0 aromatic heterocycles. The number of anilines is 1. The van der Waals surface area contributed by atoms with Gasteiger partial charge in [-0.15, -0.1) is 0 Å². The average molecular weight is 436 g/mol. The van der Waals surface area contributed by atoms with Crippen LogP contribution in [-0.4, -0.2) is 64.7 Å². The van der Waals surface area contributed by atoms with E-state index in [-0.39, 0.29) is 18.4 Å². The summed E-state index contributed by atoms with van der Waals surface area (Å²) in [6.07, 6.45) is 1.04. The standard InChI is InChI=1S/C21H26ClN3O5/c1-11(10-26)25-16(18(28)24-13-7-5-4-6-12(13)22)21-9-8-20(2,30-21)14(17(27)23-3)15(21)19(25)29/h4-7,11,14-16,26H,8-10H2,1-3H3,(H,23,27)(H,24,28)/t11-,14-,15+,16?,20+,21?/m1/s1. The number of likely N-dealkylation sites (tertiary alicyclic amines) is 1. The molecule has 6 atom stereocenters. The van der Waals surface area contributed by atoms with Crippen LogP contribution in [0, 0.1) is 11.8 Å². The number of fused-ring (bicyclic) bond motifs is 1. The number of nitrogens with one attached hydrogen (secondary N) is 2. The Hall–Kier alpha value is -2.16. The highest BCUT2D eigenvalue weighted by molar-refractivity contribution is 6.33. The minimum atomic E-state index is -1.13. The van der Waals surface area contributed by atoms with Crippen molar-refractivity contribution in [1.82, 2.24) is 10.2 Å². The van der Waals surface area contributed by atoms with Gasteiger partial charge in [0.2, 0.25) is 17.7 Å². The van der Waals surface area contributed by atoms with Gasteiger partial charge in [-0.2, -0.15) is 0 Å². The fraction of sp³-hybridized carbons (Fsp3) is 0.571. The molecule has 0 aliphatic carbocycles. The summed E-state index contributed by atoms with van der Waals surface area (Å²) in [7, 11) is 1.53. The number of aliphatic hydroxyl groups is 1. The van der Waals surface area contributed by atoms with Gasteiger partial charge in [-0.3, -0.25) is 14.4 Å². The molecular weight excluding hydrogens is 410 g/mol. The summed E-state index contributed by atoms with van der Waals surface area (Å²) < 4.78 is 6.41. The lowest BCUT2D eigenvalue weighted by Gasteiger charge is -2.35. The second-order valence-corrected chi connectivity index (χ2v) is 9.00. The lowest BCUT2D eigenvalue weighted by Crippen LogP contribution is -2.55. The molecule has 3 saturated heterocycles. The largest absolute Gasteiger partial charge is 0.394 e. The molecule has 3 heterocycles. The lowest BCUT2D eigenvalue weighted by atomic mass is 9.66. The highest BCUT2D eigenvalue weighted by atomic mass is 35.5. The molecule has 3 aliphatic rings. The van der Waals surface area contributed by atoms with Crippen molar-refractivity contribution in [3.8, 4) is 0 Å². The zero-order valence-electron chi connectivity index (χ0n) is 17.1. The summed E-state index contributed by atoms with van der Waals surface area (Å²) in [5.41, 5.74) is -1.52. The highest BCUT2D eigenvalue weighted by Gasteiger charge is 2.78. The van der Waals surface area contributed by atoms with Crippen LogP contribution in [0.5, 0.6) is 0 Å². The van der Waals surface area contributed by atoms with E-state index < -0.39 is 41.0 Å². The molecule has 3 N–H and O–H groups in total. The van der Waals surface area contributed by atoms with E-state index in [2.05, 4.69) is 10.6 Å². The Bertz CT molecular complexity index is 910. The molecule has 3 fully saturated rings. The number of amides is 3. The number of ether oxygens (including phenoxy) is 1. The Kier molecular flexibility index (Phi) is 5.07. The number of carbonyl (C=O) groups excluding carboxylic acids is 3. The van der Waals surface area contributed by atoms with Crippen LogP contribution in [-0.2, 0) is 19.1 Å². The van der Waals surface area contributed by atoms with E-state index in [4.69, 9.17) is 16.3 Å². The van der Waals surface area contributed by atoms with E-state index in [1.165, 1.54) is 11.9 Å². The van der Waals surface area contributed by atoms with Gasteiger partial charge >= 0.3 is 0 Å². The van der Waals surface area contributed by atoms with Crippen molar-refractivity contribution >= 4 is 35.0 Å². The summed E-state index contributed by atoms with van der Waals surface area (Å²) in [5.74, 6) is -2.54. The summed E-state index contributed by atoms with van der Waals surface area (Å²) in [6.45, 7) is 3.19. The van der Waals surface area contributed by atoms with Crippen LogP contribution in [0.3, 0.4) is 0 Å². The number of para-hydroxylation sites is 1. The quantitative estimate of drug-likeness (QED) is 0.643. The van der Waals surface area contributed by atoms with Crippen molar-refractivity contribution in [2.24, 2.45) is 11.8 Å². The zero-order chi connectivity index (χ0) is 21.8. The lowest BCUT2D eigenvalue weighted by molar-refractivity contribution is -0.147. The molecule has 8 nitrogen and oxygen atoms in total. The highest BCUT2D eigenvalue weighted by Crippen LogP contribution is 2.63. The summed E-state index contributed by atoms with van der Waals surface area (Å²) >= 11 is 6.20. The van der Waals surface area contributed by atoms with Crippen molar-refractivity contribution < 1.29 is 24.2 Å². The Morgan fingerprint density at radius 1 is 1.33 bits per heavy atom. The second-order valence-electron chi connectivity index (χ2n) is 8.59. The fourth-order valence-corrected chi connectivity index (χ4v) is 5.73. The maximum absolute atomic E-state index is 13.5. The third-order valence-corrected chi connectivity index (χ3v) is 7.19. The molecule has 1 spiro atoms. The van der Waals surface area contributed by atoms with E-state index in [1.54, 1.807) is 31.2 Å². The van der Waals surface area contributed by atoms with E-state index in [0.29, 0.717) is 23.6 Å². The van der Waals surface area contributed by atoms with Gasteiger partial charge in [0.1, 0.15) is 11.6 Å². The first-order chi connectivity index (χ1) is 14.2. The predicted molar refractivity (Wildman–Crippen MR) is 110 cm³/mol. The third-order valence-electron chi connectivity index (χ3n) is 6.86. The third kappa shape index (κ3) is 2.77. The van der Waals surface area contributed by atoms with Gasteiger partial charge in [-0.1, -0.05) is 23.7 Å². The first-order valence-electron chi connectivity index (χ1n) is 10.1. The zero-order valence-corrected chi connectivity index (χ0v) is 17.9. The minimum Gasteiger partial charge on any atom is -0.394 e. The molecule has 9 heteroatoms. The van der Waals surface area contributed by atoms with Crippen molar-refractivity contribution in [2.75, 3.05) is 19.0 Å². The average Bonchev–Trinajstić information content (AvgIpc) is 3.29. The number of benzene rings is 1. The number of rotatable bonds is 5. The van der Waals surface area contributed by atoms with Gasteiger partial charge in [0, 0.05) is 7.05 Å². The van der Waals surface area contributed by atoms with E-state index in [1.807, 2.05) is 6.92 Å². The van der Waals surface area contributed by atoms with Gasteiger partial charge in [-0.05, 0) is 38.8 Å². The van der Waals surface area contributed by atoms with Crippen LogP contribution < -0.4 is 10.6 Å². The van der Waals surface area contributed by atoms with E-state index in [0.717, 1.165) is 0 Å². The molecule has 3 amide bonds. The molecular formula is C21H26ClN3O5. The molecule has 4 rings (SSSR count). The van der Waals surface area contributed by atoms with Crippen LogP contribution in [0.1, 0.15) is 26.7 Å². The van der Waals surface area contributed by atoms with Crippen molar-refractivity contribution in [3.63, 3.8) is 0 Å². The second kappa shape index (κ2) is 7.21. The van der Waals surface area contributed by atoms with Gasteiger partial charge in [-0.25, -0.2) is 0 Å². The van der Waals surface area contributed by atoms with Crippen LogP contribution in [0.15, 0.2) is 24.3 Å². The monoisotopic (exact) mass is 435 g/mol. The first-order valence-corrected chi connectivity index (χ1v) is 10.5. The number of hydrogen-bond donors (Lipinski definition) is 3. The topological polar surface area (TPSA) is 108 Å². The smallest absolute Gasteiger partial charge is 0.250 e. The molecule has 3 aliphatic heterocycles. The molecule has 162 valence electrons. The number of aliphatic hydroxyl groups excluding tert-OH is 1. The van der Waals surface area contributed by atoms with Crippen LogP contribution >= 0.6 is 11.6 Å². The Morgan fingerprint density at radius 2 is 2.03 bits per heavy atom.